The molecule has 2 heterocycles. The highest BCUT2D eigenvalue weighted by atomic mass is 32.1. The van der Waals surface area contributed by atoms with Crippen LogP contribution in [0.1, 0.15) is 31.4 Å². The van der Waals surface area contributed by atoms with Gasteiger partial charge in [0.2, 0.25) is 4.77 Å². The van der Waals surface area contributed by atoms with Gasteiger partial charge in [-0.15, -0.1) is 0 Å². The lowest BCUT2D eigenvalue weighted by Gasteiger charge is -2.24. The summed E-state index contributed by atoms with van der Waals surface area (Å²) < 4.78 is 14.8. The number of hydrogen-bond acceptors (Lipinski definition) is 6. The molecule has 0 aliphatic carbocycles. The first-order chi connectivity index (χ1) is 14.2. The molecule has 4 rings (SSSR count). The molecule has 1 fully saturated rings. The number of aromatic nitrogens is 4. The van der Waals surface area contributed by atoms with Crippen LogP contribution in [-0.2, 0) is 6.67 Å². The van der Waals surface area contributed by atoms with Gasteiger partial charge in [0.1, 0.15) is 11.5 Å². The first-order valence-electron chi connectivity index (χ1n) is 9.83. The zero-order valence-corrected chi connectivity index (χ0v) is 17.5. The van der Waals surface area contributed by atoms with Crippen molar-refractivity contribution >= 4 is 12.2 Å². The van der Waals surface area contributed by atoms with E-state index in [-0.39, 0.29) is 0 Å². The molecule has 1 atom stereocenters. The molecule has 0 amide bonds. The smallest absolute Gasteiger partial charge is 0.221 e. The number of hydrogen-bond donors (Lipinski definition) is 0. The summed E-state index contributed by atoms with van der Waals surface area (Å²) in [5.41, 5.74) is 2.16. The summed E-state index contributed by atoms with van der Waals surface area (Å²) in [6.45, 7) is 4.30. The lowest BCUT2D eigenvalue weighted by molar-refractivity contribution is 0.188. The minimum atomic E-state index is 0.346. The van der Waals surface area contributed by atoms with Crippen molar-refractivity contribution in [3.8, 4) is 17.2 Å². The van der Waals surface area contributed by atoms with Gasteiger partial charge < -0.3 is 9.47 Å². The average molecular weight is 412 g/mol. The highest BCUT2D eigenvalue weighted by Crippen LogP contribution is 2.33. The van der Waals surface area contributed by atoms with Gasteiger partial charge in [0, 0.05) is 12.6 Å². The molecule has 2 aromatic carbocycles. The van der Waals surface area contributed by atoms with Crippen LogP contribution in [0.2, 0.25) is 0 Å². The van der Waals surface area contributed by atoms with Gasteiger partial charge in [0.15, 0.2) is 0 Å². The summed E-state index contributed by atoms with van der Waals surface area (Å²) >= 11 is 5.63. The number of ether oxygens (including phenoxy) is 2. The molecular weight excluding hydrogens is 386 g/mol. The Morgan fingerprint density at radius 3 is 2.45 bits per heavy atom. The van der Waals surface area contributed by atoms with Crippen LogP contribution in [-0.4, -0.2) is 45.0 Å². The van der Waals surface area contributed by atoms with E-state index in [4.69, 9.17) is 21.7 Å². The van der Waals surface area contributed by atoms with E-state index in [1.54, 1.807) is 16.5 Å². The Morgan fingerprint density at radius 1 is 1.03 bits per heavy atom. The molecule has 0 spiro atoms. The van der Waals surface area contributed by atoms with E-state index in [1.165, 1.54) is 5.56 Å². The first kappa shape index (κ1) is 19.6. The molecule has 0 unspecified atom stereocenters. The molecule has 0 radical (unpaired) electrons. The molecule has 3 aromatic rings. The van der Waals surface area contributed by atoms with Gasteiger partial charge in [-0.2, -0.15) is 4.68 Å². The van der Waals surface area contributed by atoms with Gasteiger partial charge >= 0.3 is 0 Å². The molecule has 29 heavy (non-hydrogen) atoms. The fraction of sp³-hybridized carbons (Fsp3) is 0.381. The zero-order valence-electron chi connectivity index (χ0n) is 16.7. The second kappa shape index (κ2) is 8.75. The van der Waals surface area contributed by atoms with E-state index in [2.05, 4.69) is 27.5 Å². The lowest BCUT2D eigenvalue weighted by atomic mass is 10.0. The normalized spacial score (nSPS) is 16.8. The number of methoxy groups -OCH3 is 1. The molecule has 1 saturated heterocycles. The van der Waals surface area contributed by atoms with Crippen LogP contribution in [0.4, 0.5) is 0 Å². The van der Waals surface area contributed by atoms with Gasteiger partial charge in [0.25, 0.3) is 0 Å². The van der Waals surface area contributed by atoms with E-state index in [1.807, 2.05) is 43.3 Å². The maximum absolute atomic E-state index is 5.63. The third-order valence-corrected chi connectivity index (χ3v) is 5.60. The van der Waals surface area contributed by atoms with Crippen molar-refractivity contribution < 1.29 is 9.47 Å². The molecular formula is C21H25N5O2S. The number of likely N-dealkylation sites (tertiary alicyclic amines) is 1. The maximum atomic E-state index is 5.63. The Bertz CT molecular complexity index is 997. The summed E-state index contributed by atoms with van der Waals surface area (Å²) in [4.78, 5) is 2.40. The lowest BCUT2D eigenvalue weighted by Crippen LogP contribution is -2.27. The van der Waals surface area contributed by atoms with Gasteiger partial charge in [-0.05, 0) is 84.4 Å². The minimum absolute atomic E-state index is 0.346. The van der Waals surface area contributed by atoms with Gasteiger partial charge in [-0.3, -0.25) is 4.90 Å². The predicted octanol–water partition coefficient (Wildman–Crippen LogP) is 4.00. The summed E-state index contributed by atoms with van der Waals surface area (Å²) in [5.74, 6) is 1.70. The Balaban J connectivity index is 1.51. The molecule has 152 valence electrons. The molecule has 1 aliphatic rings. The van der Waals surface area contributed by atoms with E-state index < -0.39 is 0 Å². The standard InChI is InChI=1S/C21H25N5O2S/c1-3-28-19-10-6-16(7-11-19)20-5-4-14-24(20)15-25-21(29)26(23-22-25)17-8-12-18(27-2)13-9-17/h6-13,20H,3-5,14-15H2,1-2H3/t20-/m0/s1. The van der Waals surface area contributed by atoms with E-state index in [0.717, 1.165) is 36.6 Å². The molecule has 7 nitrogen and oxygen atoms in total. The summed E-state index contributed by atoms with van der Waals surface area (Å²) in [6, 6.07) is 16.4. The fourth-order valence-electron chi connectivity index (χ4n) is 3.75. The Morgan fingerprint density at radius 2 is 1.76 bits per heavy atom. The number of benzene rings is 2. The Kier molecular flexibility index (Phi) is 5.92. The molecule has 1 aliphatic heterocycles. The van der Waals surface area contributed by atoms with Crippen LogP contribution in [0.5, 0.6) is 11.5 Å². The zero-order chi connectivity index (χ0) is 20.2. The topological polar surface area (TPSA) is 57.3 Å². The van der Waals surface area contributed by atoms with E-state index in [0.29, 0.717) is 24.1 Å². The number of rotatable bonds is 7. The third-order valence-electron chi connectivity index (χ3n) is 5.21. The summed E-state index contributed by atoms with van der Waals surface area (Å²) in [7, 11) is 1.65. The maximum Gasteiger partial charge on any atom is 0.221 e. The van der Waals surface area contributed by atoms with Crippen LogP contribution in [0.25, 0.3) is 5.69 Å². The van der Waals surface area contributed by atoms with Crippen LogP contribution < -0.4 is 9.47 Å². The molecule has 1 aromatic heterocycles. The summed E-state index contributed by atoms with van der Waals surface area (Å²) in [5, 5.41) is 8.55. The quantitative estimate of drug-likeness (QED) is 0.548. The highest BCUT2D eigenvalue weighted by molar-refractivity contribution is 7.71. The van der Waals surface area contributed by atoms with Crippen molar-refractivity contribution in [2.24, 2.45) is 0 Å². The van der Waals surface area contributed by atoms with Gasteiger partial charge in [0.05, 0.1) is 26.1 Å². The largest absolute Gasteiger partial charge is 0.497 e. The molecule has 0 N–H and O–H groups in total. The third kappa shape index (κ3) is 4.18. The van der Waals surface area contributed by atoms with Crippen molar-refractivity contribution in [1.82, 2.24) is 24.7 Å². The van der Waals surface area contributed by atoms with Crippen LogP contribution in [0.15, 0.2) is 48.5 Å². The number of tetrazole rings is 1. The van der Waals surface area contributed by atoms with Crippen molar-refractivity contribution in [1.29, 1.82) is 0 Å². The minimum Gasteiger partial charge on any atom is -0.497 e. The van der Waals surface area contributed by atoms with Gasteiger partial charge in [-0.25, -0.2) is 4.68 Å². The Hall–Kier alpha value is -2.71. The first-order valence-corrected chi connectivity index (χ1v) is 10.2. The van der Waals surface area contributed by atoms with Crippen molar-refractivity contribution in [3.63, 3.8) is 0 Å². The second-order valence-corrected chi connectivity index (χ2v) is 7.35. The van der Waals surface area contributed by atoms with E-state index in [9.17, 15) is 0 Å². The number of nitrogens with zero attached hydrogens (tertiary/aromatic N) is 5. The monoisotopic (exact) mass is 411 g/mol. The molecule has 0 bridgehead atoms. The van der Waals surface area contributed by atoms with Crippen LogP contribution in [0, 0.1) is 4.77 Å². The van der Waals surface area contributed by atoms with Crippen molar-refractivity contribution in [2.75, 3.05) is 20.3 Å². The van der Waals surface area contributed by atoms with Crippen molar-refractivity contribution in [2.45, 2.75) is 32.5 Å². The van der Waals surface area contributed by atoms with Gasteiger partial charge in [-0.1, -0.05) is 12.1 Å². The fourth-order valence-corrected chi connectivity index (χ4v) is 3.98. The van der Waals surface area contributed by atoms with E-state index >= 15 is 0 Å². The molecule has 0 saturated carbocycles. The van der Waals surface area contributed by atoms with Crippen LogP contribution in [0.3, 0.4) is 0 Å². The molecule has 8 heteroatoms. The Labute approximate surface area is 175 Å². The highest BCUT2D eigenvalue weighted by Gasteiger charge is 2.27. The summed E-state index contributed by atoms with van der Waals surface area (Å²) in [6.07, 6.45) is 2.27. The van der Waals surface area contributed by atoms with Crippen molar-refractivity contribution in [3.05, 3.63) is 58.9 Å². The van der Waals surface area contributed by atoms with Crippen LogP contribution >= 0.6 is 12.2 Å². The SMILES string of the molecule is CCOc1ccc([C@@H]2CCCN2Cn2nnn(-c3ccc(OC)cc3)c2=S)cc1. The predicted molar refractivity (Wildman–Crippen MR) is 113 cm³/mol. The average Bonchev–Trinajstić information content (AvgIpc) is 3.36. The second-order valence-electron chi connectivity index (χ2n) is 6.98.